The maximum atomic E-state index is 10.2. The van der Waals surface area contributed by atoms with E-state index in [1.54, 1.807) is 16.8 Å². The molecular formula is C7H4N2O2S. The van der Waals surface area contributed by atoms with Crippen LogP contribution in [0.5, 0.6) is 0 Å². The van der Waals surface area contributed by atoms with Crippen molar-refractivity contribution in [3.8, 4) is 6.07 Å². The minimum Gasteiger partial charge on any atom is -0.258 e. The number of nitriles is 1. The van der Waals surface area contributed by atoms with Crippen molar-refractivity contribution in [3.63, 3.8) is 0 Å². The normalized spacial score (nSPS) is 10.8. The number of hydrogen-bond acceptors (Lipinski definition) is 4. The average molecular weight is 180 g/mol. The van der Waals surface area contributed by atoms with Gasteiger partial charge in [-0.25, -0.2) is 0 Å². The van der Waals surface area contributed by atoms with Gasteiger partial charge in [0, 0.05) is 6.08 Å². The Morgan fingerprint density at radius 1 is 1.83 bits per heavy atom. The summed E-state index contributed by atoms with van der Waals surface area (Å²) < 4.78 is 0. The molecule has 1 aromatic heterocycles. The van der Waals surface area contributed by atoms with Crippen LogP contribution in [0.4, 0.5) is 0 Å². The van der Waals surface area contributed by atoms with Gasteiger partial charge in [-0.15, -0.1) is 0 Å². The van der Waals surface area contributed by atoms with E-state index in [0.29, 0.717) is 5.56 Å². The lowest BCUT2D eigenvalue weighted by atomic mass is 10.3. The van der Waals surface area contributed by atoms with Crippen molar-refractivity contribution in [3.05, 3.63) is 38.2 Å². The third kappa shape index (κ3) is 1.90. The average Bonchev–Trinajstić information content (AvgIpc) is 2.51. The van der Waals surface area contributed by atoms with Gasteiger partial charge in [-0.2, -0.15) is 16.6 Å². The molecule has 0 atom stereocenters. The summed E-state index contributed by atoms with van der Waals surface area (Å²) in [5.41, 5.74) is 0.252. The predicted molar refractivity (Wildman–Crippen MR) is 44.9 cm³/mol. The van der Waals surface area contributed by atoms with Gasteiger partial charge in [0.1, 0.15) is 0 Å². The fourth-order valence-electron chi connectivity index (χ4n) is 0.641. The highest BCUT2D eigenvalue weighted by Gasteiger charge is 2.07. The summed E-state index contributed by atoms with van der Waals surface area (Å²) >= 11 is 1.43. The Hall–Kier alpha value is -1.67. The summed E-state index contributed by atoms with van der Waals surface area (Å²) in [5.74, 6) is 0. The van der Waals surface area contributed by atoms with Crippen molar-refractivity contribution in [2.45, 2.75) is 0 Å². The predicted octanol–water partition coefficient (Wildman–Crippen LogP) is 1.89. The molecular weight excluding hydrogens is 176 g/mol. The molecule has 60 valence electrons. The fraction of sp³-hybridized carbons (Fsp3) is 0. The van der Waals surface area contributed by atoms with Crippen molar-refractivity contribution < 1.29 is 4.92 Å². The van der Waals surface area contributed by atoms with Crippen LogP contribution in [0.25, 0.3) is 6.08 Å². The Morgan fingerprint density at radius 3 is 3.00 bits per heavy atom. The molecule has 0 saturated heterocycles. The molecule has 0 unspecified atom stereocenters. The van der Waals surface area contributed by atoms with Crippen molar-refractivity contribution in [2.75, 3.05) is 0 Å². The fourth-order valence-corrected chi connectivity index (χ4v) is 1.26. The number of rotatable bonds is 2. The van der Waals surface area contributed by atoms with Crippen molar-refractivity contribution in [1.82, 2.24) is 0 Å². The van der Waals surface area contributed by atoms with E-state index in [0.717, 1.165) is 0 Å². The topological polar surface area (TPSA) is 66.9 Å². The number of allylic oxidation sites excluding steroid dienone is 1. The lowest BCUT2D eigenvalue weighted by Crippen LogP contribution is -1.94. The van der Waals surface area contributed by atoms with Gasteiger partial charge in [0.2, 0.25) is 0 Å². The number of nitro groups is 1. The first-order chi connectivity index (χ1) is 5.74. The van der Waals surface area contributed by atoms with E-state index in [4.69, 9.17) is 5.26 Å². The minimum atomic E-state index is -0.697. The summed E-state index contributed by atoms with van der Waals surface area (Å²) in [7, 11) is 0. The standard InChI is InChI=1S/C7H4N2O2S/c8-4-7(9(10)11)3-6-1-2-12-5-6/h1-3,5H/b7-3+. The third-order valence-corrected chi connectivity index (χ3v) is 1.86. The maximum absolute atomic E-state index is 10.2. The quantitative estimate of drug-likeness (QED) is 0.396. The van der Waals surface area contributed by atoms with Gasteiger partial charge in [0.15, 0.2) is 6.07 Å². The van der Waals surface area contributed by atoms with E-state index in [2.05, 4.69) is 0 Å². The van der Waals surface area contributed by atoms with Crippen LogP contribution < -0.4 is 0 Å². The molecule has 5 heteroatoms. The summed E-state index contributed by atoms with van der Waals surface area (Å²) in [6, 6.07) is 3.22. The molecule has 1 rings (SSSR count). The van der Waals surface area contributed by atoms with Gasteiger partial charge in [-0.1, -0.05) is 0 Å². The van der Waals surface area contributed by atoms with Crippen LogP contribution in [0.15, 0.2) is 22.5 Å². The molecule has 1 aromatic rings. The van der Waals surface area contributed by atoms with Gasteiger partial charge in [-0.05, 0) is 22.4 Å². The smallest absolute Gasteiger partial charge is 0.258 e. The molecule has 0 spiro atoms. The number of nitrogens with zero attached hydrogens (tertiary/aromatic N) is 2. The molecule has 12 heavy (non-hydrogen) atoms. The van der Waals surface area contributed by atoms with Crippen LogP contribution in [-0.2, 0) is 0 Å². The molecule has 1 heterocycles. The maximum Gasteiger partial charge on any atom is 0.346 e. The van der Waals surface area contributed by atoms with E-state index in [1.807, 2.05) is 0 Å². The van der Waals surface area contributed by atoms with Gasteiger partial charge >= 0.3 is 5.70 Å². The molecule has 0 fully saturated rings. The Morgan fingerprint density at radius 2 is 2.58 bits per heavy atom. The highest BCUT2D eigenvalue weighted by Crippen LogP contribution is 2.10. The molecule has 0 aliphatic carbocycles. The zero-order valence-corrected chi connectivity index (χ0v) is 6.75. The van der Waals surface area contributed by atoms with Crippen LogP contribution in [0.1, 0.15) is 5.56 Å². The van der Waals surface area contributed by atoms with Crippen molar-refractivity contribution in [2.24, 2.45) is 0 Å². The Balaban J connectivity index is 2.95. The van der Waals surface area contributed by atoms with E-state index >= 15 is 0 Å². The second kappa shape index (κ2) is 3.64. The van der Waals surface area contributed by atoms with Gasteiger partial charge in [0.25, 0.3) is 0 Å². The Kier molecular flexibility index (Phi) is 2.56. The molecule has 0 aromatic carbocycles. The summed E-state index contributed by atoms with van der Waals surface area (Å²) in [6.07, 6.45) is 1.25. The van der Waals surface area contributed by atoms with E-state index in [1.165, 1.54) is 23.5 Å². The third-order valence-electron chi connectivity index (χ3n) is 1.16. The zero-order valence-electron chi connectivity index (χ0n) is 5.93. The Bertz CT molecular complexity index is 348. The molecule has 0 amide bonds. The summed E-state index contributed by atoms with van der Waals surface area (Å²) in [5, 5.41) is 22.0. The molecule has 0 saturated carbocycles. The molecule has 0 bridgehead atoms. The lowest BCUT2D eigenvalue weighted by molar-refractivity contribution is -0.415. The molecule has 4 nitrogen and oxygen atoms in total. The van der Waals surface area contributed by atoms with Crippen molar-refractivity contribution in [1.29, 1.82) is 5.26 Å². The van der Waals surface area contributed by atoms with E-state index in [-0.39, 0.29) is 0 Å². The SMILES string of the molecule is N#C/C(=C\c1ccsc1)[N+](=O)[O-]. The highest BCUT2D eigenvalue weighted by atomic mass is 32.1. The van der Waals surface area contributed by atoms with E-state index < -0.39 is 10.6 Å². The molecule has 0 N–H and O–H groups in total. The van der Waals surface area contributed by atoms with Gasteiger partial charge in [0.05, 0.1) is 4.92 Å². The zero-order chi connectivity index (χ0) is 8.97. The van der Waals surface area contributed by atoms with Crippen LogP contribution in [0, 0.1) is 21.4 Å². The minimum absolute atomic E-state index is 0.437. The summed E-state index contributed by atoms with van der Waals surface area (Å²) in [4.78, 5) is 9.48. The largest absolute Gasteiger partial charge is 0.346 e. The first-order valence-electron chi connectivity index (χ1n) is 3.02. The number of hydrogen-bond donors (Lipinski definition) is 0. The second-order valence-electron chi connectivity index (χ2n) is 1.96. The second-order valence-corrected chi connectivity index (χ2v) is 2.74. The highest BCUT2D eigenvalue weighted by molar-refractivity contribution is 7.08. The summed E-state index contributed by atoms with van der Waals surface area (Å²) in [6.45, 7) is 0. The van der Waals surface area contributed by atoms with Crippen LogP contribution in [-0.4, -0.2) is 4.92 Å². The molecule has 0 aliphatic rings. The van der Waals surface area contributed by atoms with Crippen LogP contribution >= 0.6 is 11.3 Å². The molecule has 0 radical (unpaired) electrons. The first kappa shape index (κ1) is 8.43. The van der Waals surface area contributed by atoms with Crippen molar-refractivity contribution >= 4 is 17.4 Å². The van der Waals surface area contributed by atoms with E-state index in [9.17, 15) is 10.1 Å². The lowest BCUT2D eigenvalue weighted by Gasteiger charge is -1.84. The number of thiophene rings is 1. The monoisotopic (exact) mass is 180 g/mol. The van der Waals surface area contributed by atoms with Gasteiger partial charge < -0.3 is 0 Å². The Labute approximate surface area is 72.5 Å². The van der Waals surface area contributed by atoms with Crippen LogP contribution in [0.2, 0.25) is 0 Å². The first-order valence-corrected chi connectivity index (χ1v) is 3.96. The van der Waals surface area contributed by atoms with Crippen LogP contribution in [0.3, 0.4) is 0 Å². The molecule has 0 aliphatic heterocycles. The van der Waals surface area contributed by atoms with Gasteiger partial charge in [-0.3, -0.25) is 10.1 Å².